The molecule has 3 rings (SSSR count). The Morgan fingerprint density at radius 1 is 1.14 bits per heavy atom. The van der Waals surface area contributed by atoms with Gasteiger partial charge < -0.3 is 5.11 Å². The molecule has 0 bridgehead atoms. The Labute approximate surface area is 126 Å². The third kappa shape index (κ3) is 2.89. The minimum atomic E-state index is -0.746. The third-order valence-electron chi connectivity index (χ3n) is 3.47. The highest BCUT2D eigenvalue weighted by molar-refractivity contribution is 6.30. The van der Waals surface area contributed by atoms with Crippen LogP contribution in [-0.4, -0.2) is 10.1 Å². The molecule has 2 nitrogen and oxygen atoms in total. The van der Waals surface area contributed by atoms with Crippen LogP contribution in [0.2, 0.25) is 5.02 Å². The van der Waals surface area contributed by atoms with Crippen molar-refractivity contribution in [2.75, 3.05) is 0 Å². The fourth-order valence-electron chi connectivity index (χ4n) is 2.41. The normalized spacial score (nSPS) is 12.5. The molecule has 0 radical (unpaired) electrons. The molecule has 0 aliphatic heterocycles. The van der Waals surface area contributed by atoms with Crippen LogP contribution in [0.3, 0.4) is 0 Å². The summed E-state index contributed by atoms with van der Waals surface area (Å²) in [6.45, 7) is 0. The Balaban J connectivity index is 1.93. The lowest BCUT2D eigenvalue weighted by atomic mass is 9.98. The molecule has 0 fully saturated rings. The molecule has 106 valence electrons. The van der Waals surface area contributed by atoms with Crippen molar-refractivity contribution in [1.29, 1.82) is 0 Å². The first-order valence-electron chi connectivity index (χ1n) is 6.60. The summed E-state index contributed by atoms with van der Waals surface area (Å²) in [6, 6.07) is 12.3. The van der Waals surface area contributed by atoms with E-state index in [1.54, 1.807) is 18.5 Å². The first-order chi connectivity index (χ1) is 10.1. The number of benzene rings is 2. The van der Waals surface area contributed by atoms with Crippen LogP contribution in [0.4, 0.5) is 4.39 Å². The molecule has 21 heavy (non-hydrogen) atoms. The lowest BCUT2D eigenvalue weighted by Crippen LogP contribution is -2.03. The zero-order valence-electron chi connectivity index (χ0n) is 11.1. The Bertz CT molecular complexity index is 785. The van der Waals surface area contributed by atoms with Crippen molar-refractivity contribution in [1.82, 2.24) is 4.98 Å². The molecule has 1 unspecified atom stereocenters. The van der Waals surface area contributed by atoms with E-state index in [0.29, 0.717) is 12.0 Å². The van der Waals surface area contributed by atoms with Gasteiger partial charge in [-0.2, -0.15) is 0 Å². The molecule has 3 aromatic rings. The second-order valence-electron chi connectivity index (χ2n) is 4.92. The van der Waals surface area contributed by atoms with Gasteiger partial charge in [0.05, 0.1) is 11.1 Å². The first-order valence-corrected chi connectivity index (χ1v) is 6.97. The zero-order chi connectivity index (χ0) is 14.8. The van der Waals surface area contributed by atoms with E-state index < -0.39 is 11.9 Å². The molecule has 0 aliphatic carbocycles. The predicted molar refractivity (Wildman–Crippen MR) is 81.8 cm³/mol. The molecule has 4 heteroatoms. The highest BCUT2D eigenvalue weighted by Gasteiger charge is 2.13. The van der Waals surface area contributed by atoms with Gasteiger partial charge in [0, 0.05) is 29.8 Å². The van der Waals surface area contributed by atoms with Gasteiger partial charge >= 0.3 is 0 Å². The van der Waals surface area contributed by atoms with Gasteiger partial charge in [0.25, 0.3) is 0 Å². The van der Waals surface area contributed by atoms with Crippen LogP contribution in [0.1, 0.15) is 17.2 Å². The van der Waals surface area contributed by atoms with Crippen LogP contribution < -0.4 is 0 Å². The van der Waals surface area contributed by atoms with Crippen LogP contribution in [0.5, 0.6) is 0 Å². The molecule has 1 heterocycles. The number of hydrogen-bond acceptors (Lipinski definition) is 2. The summed E-state index contributed by atoms with van der Waals surface area (Å²) in [5.74, 6) is -0.475. The lowest BCUT2D eigenvalue weighted by molar-refractivity contribution is 0.179. The molecule has 0 saturated carbocycles. The van der Waals surface area contributed by atoms with Crippen molar-refractivity contribution in [2.24, 2.45) is 0 Å². The number of aromatic nitrogens is 1. The fourth-order valence-corrected chi connectivity index (χ4v) is 2.52. The summed E-state index contributed by atoms with van der Waals surface area (Å²) >= 11 is 5.66. The Morgan fingerprint density at radius 3 is 2.76 bits per heavy atom. The Morgan fingerprint density at radius 2 is 1.95 bits per heavy atom. The second kappa shape index (κ2) is 5.80. The van der Waals surface area contributed by atoms with Crippen LogP contribution in [0.25, 0.3) is 10.8 Å². The van der Waals surface area contributed by atoms with E-state index in [0.717, 1.165) is 16.3 Å². The Hall–Kier alpha value is -1.97. The smallest absolute Gasteiger partial charge is 0.142 e. The molecule has 0 saturated heterocycles. The van der Waals surface area contributed by atoms with Crippen molar-refractivity contribution in [3.8, 4) is 0 Å². The summed E-state index contributed by atoms with van der Waals surface area (Å²) in [5, 5.41) is 12.4. The summed E-state index contributed by atoms with van der Waals surface area (Å²) in [7, 11) is 0. The Kier molecular flexibility index (Phi) is 3.86. The summed E-state index contributed by atoms with van der Waals surface area (Å²) in [4.78, 5) is 4.15. The SMILES string of the molecule is OC(Cc1ccc(Cl)c(F)c1)c1cncc2ccccc12. The topological polar surface area (TPSA) is 33.1 Å². The van der Waals surface area contributed by atoms with E-state index in [1.807, 2.05) is 24.3 Å². The van der Waals surface area contributed by atoms with Crippen molar-refractivity contribution < 1.29 is 9.50 Å². The van der Waals surface area contributed by atoms with E-state index in [1.165, 1.54) is 12.1 Å². The minimum Gasteiger partial charge on any atom is -0.388 e. The van der Waals surface area contributed by atoms with Crippen LogP contribution in [0.15, 0.2) is 54.9 Å². The van der Waals surface area contributed by atoms with E-state index >= 15 is 0 Å². The maximum Gasteiger partial charge on any atom is 0.142 e. The van der Waals surface area contributed by atoms with E-state index in [4.69, 9.17) is 11.6 Å². The van der Waals surface area contributed by atoms with Gasteiger partial charge in [0.2, 0.25) is 0 Å². The molecule has 0 aliphatic rings. The molecule has 1 N–H and O–H groups in total. The average Bonchev–Trinajstić information content (AvgIpc) is 2.50. The standard InChI is InChI=1S/C17H13ClFNO/c18-15-6-5-11(7-16(15)19)8-17(21)14-10-20-9-12-3-1-2-4-13(12)14/h1-7,9-10,17,21H,8H2. The van der Waals surface area contributed by atoms with Gasteiger partial charge in [-0.15, -0.1) is 0 Å². The average molecular weight is 302 g/mol. The van der Waals surface area contributed by atoms with Gasteiger partial charge in [-0.25, -0.2) is 4.39 Å². The highest BCUT2D eigenvalue weighted by atomic mass is 35.5. The summed E-state index contributed by atoms with van der Waals surface area (Å²) in [5.41, 5.74) is 1.43. The van der Waals surface area contributed by atoms with Crippen LogP contribution in [0, 0.1) is 5.82 Å². The largest absolute Gasteiger partial charge is 0.388 e. The third-order valence-corrected chi connectivity index (χ3v) is 3.78. The monoisotopic (exact) mass is 301 g/mol. The number of nitrogens with zero attached hydrogens (tertiary/aromatic N) is 1. The predicted octanol–water partition coefficient (Wildman–Crippen LogP) is 4.30. The van der Waals surface area contributed by atoms with Crippen molar-refractivity contribution in [2.45, 2.75) is 12.5 Å². The van der Waals surface area contributed by atoms with Gasteiger partial charge in [-0.3, -0.25) is 4.98 Å². The first kappa shape index (κ1) is 14.0. The minimum absolute atomic E-state index is 0.0834. The maximum atomic E-state index is 13.5. The molecule has 0 amide bonds. The quantitative estimate of drug-likeness (QED) is 0.782. The van der Waals surface area contributed by atoms with Gasteiger partial charge in [-0.05, 0) is 23.1 Å². The van der Waals surface area contributed by atoms with Gasteiger partial charge in [0.1, 0.15) is 5.82 Å². The molecular formula is C17H13ClFNO. The van der Waals surface area contributed by atoms with Gasteiger partial charge in [-0.1, -0.05) is 41.9 Å². The van der Waals surface area contributed by atoms with Crippen LogP contribution >= 0.6 is 11.6 Å². The number of aliphatic hydroxyl groups excluding tert-OH is 1. The highest BCUT2D eigenvalue weighted by Crippen LogP contribution is 2.26. The fraction of sp³-hybridized carbons (Fsp3) is 0.118. The van der Waals surface area contributed by atoms with Crippen LogP contribution in [-0.2, 0) is 6.42 Å². The van der Waals surface area contributed by atoms with Gasteiger partial charge in [0.15, 0.2) is 0 Å². The summed E-state index contributed by atoms with van der Waals surface area (Å²) < 4.78 is 13.5. The number of hydrogen-bond donors (Lipinski definition) is 1. The van der Waals surface area contributed by atoms with Crippen molar-refractivity contribution >= 4 is 22.4 Å². The zero-order valence-corrected chi connectivity index (χ0v) is 11.9. The van der Waals surface area contributed by atoms with Crippen molar-refractivity contribution in [3.63, 3.8) is 0 Å². The number of aliphatic hydroxyl groups is 1. The van der Waals surface area contributed by atoms with E-state index in [2.05, 4.69) is 4.98 Å². The van der Waals surface area contributed by atoms with E-state index in [9.17, 15) is 9.50 Å². The number of pyridine rings is 1. The second-order valence-corrected chi connectivity index (χ2v) is 5.33. The molecule has 2 aromatic carbocycles. The summed E-state index contributed by atoms with van der Waals surface area (Å²) in [6.07, 6.45) is 2.97. The number of halogens is 2. The molecule has 1 aromatic heterocycles. The molecule has 0 spiro atoms. The molecular weight excluding hydrogens is 289 g/mol. The maximum absolute atomic E-state index is 13.5. The number of fused-ring (bicyclic) bond motifs is 1. The molecule has 1 atom stereocenters. The lowest BCUT2D eigenvalue weighted by Gasteiger charge is -2.13. The number of rotatable bonds is 3. The van der Waals surface area contributed by atoms with E-state index in [-0.39, 0.29) is 5.02 Å². The van der Waals surface area contributed by atoms with Crippen molar-refractivity contribution in [3.05, 3.63) is 76.8 Å².